The summed E-state index contributed by atoms with van der Waals surface area (Å²) in [7, 11) is 1.69. The highest BCUT2D eigenvalue weighted by molar-refractivity contribution is 5.76. The summed E-state index contributed by atoms with van der Waals surface area (Å²) in [6, 6.07) is 0.0552. The second-order valence-corrected chi connectivity index (χ2v) is 5.98. The molecule has 0 aliphatic carbocycles. The summed E-state index contributed by atoms with van der Waals surface area (Å²) in [6.45, 7) is 5.10. The number of aliphatic carboxylic acids is 1. The molecule has 0 aromatic heterocycles. The van der Waals surface area contributed by atoms with Crippen LogP contribution in [0.25, 0.3) is 0 Å². The Labute approximate surface area is 119 Å². The van der Waals surface area contributed by atoms with Crippen molar-refractivity contribution in [2.24, 2.45) is 17.8 Å². The molecule has 20 heavy (non-hydrogen) atoms. The minimum absolute atomic E-state index is 0.0552. The first kappa shape index (κ1) is 15.1. The number of nitrogens with zero attached hydrogens (tertiary/aromatic N) is 2. The van der Waals surface area contributed by atoms with Crippen molar-refractivity contribution in [2.45, 2.75) is 19.8 Å². The molecule has 0 spiro atoms. The first-order valence-corrected chi connectivity index (χ1v) is 7.28. The van der Waals surface area contributed by atoms with Gasteiger partial charge in [-0.05, 0) is 12.8 Å². The van der Waals surface area contributed by atoms with E-state index in [1.807, 2.05) is 4.90 Å². The Morgan fingerprint density at radius 1 is 1.30 bits per heavy atom. The number of amides is 2. The molecule has 2 rings (SSSR count). The molecule has 0 bridgehead atoms. The molecule has 6 heteroatoms. The maximum absolute atomic E-state index is 12.3. The highest BCUT2D eigenvalue weighted by Gasteiger charge is 2.39. The van der Waals surface area contributed by atoms with Crippen LogP contribution >= 0.6 is 0 Å². The van der Waals surface area contributed by atoms with Crippen LogP contribution in [-0.4, -0.2) is 66.8 Å². The second-order valence-electron chi connectivity index (χ2n) is 5.98. The van der Waals surface area contributed by atoms with E-state index in [2.05, 4.69) is 0 Å². The zero-order valence-electron chi connectivity index (χ0n) is 12.2. The number of carboxylic acid groups (broad SMARTS) is 1. The summed E-state index contributed by atoms with van der Waals surface area (Å²) in [6.07, 6.45) is 2.12. The Kier molecular flexibility index (Phi) is 4.86. The summed E-state index contributed by atoms with van der Waals surface area (Å²) in [5.41, 5.74) is 0. The number of carbonyl (C=O) groups excluding carboxylic acids is 1. The average molecular weight is 284 g/mol. The smallest absolute Gasteiger partial charge is 0.320 e. The summed E-state index contributed by atoms with van der Waals surface area (Å²) in [5.74, 6) is -0.634. The van der Waals surface area contributed by atoms with Crippen molar-refractivity contribution in [3.05, 3.63) is 0 Å². The van der Waals surface area contributed by atoms with E-state index in [4.69, 9.17) is 9.84 Å². The molecule has 2 saturated heterocycles. The highest BCUT2D eigenvalue weighted by Crippen LogP contribution is 2.26. The lowest BCUT2D eigenvalue weighted by molar-refractivity contribution is -0.145. The SMILES string of the molecule is COCC1CCCN(C(=O)N2CC(C(C)C(=O)O)C2)C1. The van der Waals surface area contributed by atoms with E-state index in [1.54, 1.807) is 18.9 Å². The summed E-state index contributed by atoms with van der Waals surface area (Å²) >= 11 is 0. The van der Waals surface area contributed by atoms with Crippen LogP contribution in [0.4, 0.5) is 4.79 Å². The molecule has 0 radical (unpaired) electrons. The molecule has 2 unspecified atom stereocenters. The van der Waals surface area contributed by atoms with Gasteiger partial charge in [0.25, 0.3) is 0 Å². The molecule has 0 aromatic carbocycles. The maximum Gasteiger partial charge on any atom is 0.320 e. The van der Waals surface area contributed by atoms with E-state index in [0.717, 1.165) is 25.9 Å². The zero-order valence-corrected chi connectivity index (χ0v) is 12.2. The molecule has 2 fully saturated rings. The Bertz CT molecular complexity index is 366. The summed E-state index contributed by atoms with van der Waals surface area (Å²) in [4.78, 5) is 26.9. The van der Waals surface area contributed by atoms with Gasteiger partial charge >= 0.3 is 12.0 Å². The predicted molar refractivity (Wildman–Crippen MR) is 73.4 cm³/mol. The monoisotopic (exact) mass is 284 g/mol. The van der Waals surface area contributed by atoms with Gasteiger partial charge in [-0.2, -0.15) is 0 Å². The Hall–Kier alpha value is -1.30. The van der Waals surface area contributed by atoms with Gasteiger partial charge in [0.1, 0.15) is 0 Å². The van der Waals surface area contributed by atoms with E-state index in [0.29, 0.717) is 25.6 Å². The summed E-state index contributed by atoms with van der Waals surface area (Å²) in [5, 5.41) is 8.96. The predicted octanol–water partition coefficient (Wildman–Crippen LogP) is 1.12. The largest absolute Gasteiger partial charge is 0.481 e. The molecule has 2 aliphatic heterocycles. The highest BCUT2D eigenvalue weighted by atomic mass is 16.5. The third kappa shape index (κ3) is 3.23. The number of ether oxygens (including phenoxy) is 1. The first-order valence-electron chi connectivity index (χ1n) is 7.28. The third-order valence-corrected chi connectivity index (χ3v) is 4.47. The van der Waals surface area contributed by atoms with Crippen LogP contribution in [0.2, 0.25) is 0 Å². The van der Waals surface area contributed by atoms with Gasteiger partial charge in [0.05, 0.1) is 12.5 Å². The molecule has 2 aliphatic rings. The zero-order chi connectivity index (χ0) is 14.7. The van der Waals surface area contributed by atoms with Crippen molar-refractivity contribution in [2.75, 3.05) is 39.9 Å². The molecule has 114 valence electrons. The van der Waals surface area contributed by atoms with Gasteiger partial charge in [0, 0.05) is 45.1 Å². The Balaban J connectivity index is 1.80. The molecular formula is C14H24N2O4. The number of hydrogen-bond donors (Lipinski definition) is 1. The number of piperidine rings is 1. The number of methoxy groups -OCH3 is 1. The molecule has 2 heterocycles. The lowest BCUT2D eigenvalue weighted by atomic mass is 9.87. The van der Waals surface area contributed by atoms with E-state index >= 15 is 0 Å². The standard InChI is InChI=1S/C14H24N2O4/c1-10(13(17)18)12-7-16(8-12)14(19)15-5-3-4-11(6-15)9-20-2/h10-12H,3-9H2,1-2H3,(H,17,18). The quantitative estimate of drug-likeness (QED) is 0.840. The van der Waals surface area contributed by atoms with Crippen LogP contribution in [0.1, 0.15) is 19.8 Å². The maximum atomic E-state index is 12.3. The van der Waals surface area contributed by atoms with Gasteiger partial charge in [0.15, 0.2) is 0 Å². The van der Waals surface area contributed by atoms with E-state index in [9.17, 15) is 9.59 Å². The van der Waals surface area contributed by atoms with Crippen LogP contribution in [0.15, 0.2) is 0 Å². The Morgan fingerprint density at radius 3 is 2.60 bits per heavy atom. The van der Waals surface area contributed by atoms with Crippen molar-refractivity contribution < 1.29 is 19.4 Å². The molecule has 0 saturated carbocycles. The molecule has 1 N–H and O–H groups in total. The van der Waals surface area contributed by atoms with Crippen LogP contribution in [0.3, 0.4) is 0 Å². The first-order chi connectivity index (χ1) is 9.52. The normalized spacial score (nSPS) is 25.2. The van der Waals surface area contributed by atoms with Crippen molar-refractivity contribution in [1.29, 1.82) is 0 Å². The van der Waals surface area contributed by atoms with Crippen LogP contribution in [0.5, 0.6) is 0 Å². The number of carboxylic acids is 1. The average Bonchev–Trinajstić information content (AvgIpc) is 2.37. The van der Waals surface area contributed by atoms with Gasteiger partial charge in [-0.3, -0.25) is 4.79 Å². The topological polar surface area (TPSA) is 70.1 Å². The lowest BCUT2D eigenvalue weighted by Crippen LogP contribution is -2.58. The van der Waals surface area contributed by atoms with Crippen LogP contribution in [0, 0.1) is 17.8 Å². The molecule has 6 nitrogen and oxygen atoms in total. The number of hydrogen-bond acceptors (Lipinski definition) is 3. The summed E-state index contributed by atoms with van der Waals surface area (Å²) < 4.78 is 5.17. The number of likely N-dealkylation sites (tertiary alicyclic amines) is 2. The van der Waals surface area contributed by atoms with Crippen LogP contribution in [-0.2, 0) is 9.53 Å². The fourth-order valence-corrected chi connectivity index (χ4v) is 3.00. The number of carbonyl (C=O) groups is 2. The number of urea groups is 1. The van der Waals surface area contributed by atoms with Gasteiger partial charge < -0.3 is 19.6 Å². The van der Waals surface area contributed by atoms with Gasteiger partial charge in [-0.15, -0.1) is 0 Å². The molecule has 2 amide bonds. The van der Waals surface area contributed by atoms with Gasteiger partial charge in [0.2, 0.25) is 0 Å². The second kappa shape index (κ2) is 6.43. The van der Waals surface area contributed by atoms with Crippen molar-refractivity contribution in [1.82, 2.24) is 9.80 Å². The fourth-order valence-electron chi connectivity index (χ4n) is 3.00. The van der Waals surface area contributed by atoms with E-state index < -0.39 is 5.97 Å². The van der Waals surface area contributed by atoms with Crippen molar-refractivity contribution in [3.63, 3.8) is 0 Å². The van der Waals surface area contributed by atoms with Gasteiger partial charge in [-0.1, -0.05) is 6.92 Å². The van der Waals surface area contributed by atoms with Crippen molar-refractivity contribution in [3.8, 4) is 0 Å². The minimum atomic E-state index is -0.778. The van der Waals surface area contributed by atoms with E-state index in [1.165, 1.54) is 0 Å². The molecule has 2 atom stereocenters. The number of rotatable bonds is 4. The van der Waals surface area contributed by atoms with Crippen LogP contribution < -0.4 is 0 Å². The molecule has 0 aromatic rings. The minimum Gasteiger partial charge on any atom is -0.481 e. The Morgan fingerprint density at radius 2 is 2.00 bits per heavy atom. The van der Waals surface area contributed by atoms with Crippen molar-refractivity contribution >= 4 is 12.0 Å². The lowest BCUT2D eigenvalue weighted by Gasteiger charge is -2.45. The van der Waals surface area contributed by atoms with E-state index in [-0.39, 0.29) is 17.9 Å². The van der Waals surface area contributed by atoms with Gasteiger partial charge in [-0.25, -0.2) is 4.79 Å². The third-order valence-electron chi connectivity index (χ3n) is 4.47. The molecular weight excluding hydrogens is 260 g/mol. The fraction of sp³-hybridized carbons (Fsp3) is 0.857.